The summed E-state index contributed by atoms with van der Waals surface area (Å²) in [6.07, 6.45) is 3.55. The van der Waals surface area contributed by atoms with Crippen LogP contribution in [0.2, 0.25) is 0 Å². The fourth-order valence-corrected chi connectivity index (χ4v) is 2.96. The summed E-state index contributed by atoms with van der Waals surface area (Å²) in [5, 5.41) is 1.12. The predicted molar refractivity (Wildman–Crippen MR) is 80.4 cm³/mol. The van der Waals surface area contributed by atoms with E-state index in [1.165, 1.54) is 0 Å². The van der Waals surface area contributed by atoms with E-state index in [4.69, 9.17) is 5.73 Å². The molecule has 21 heavy (non-hydrogen) atoms. The summed E-state index contributed by atoms with van der Waals surface area (Å²) in [5.74, 6) is -0.467. The first-order chi connectivity index (χ1) is 10.1. The summed E-state index contributed by atoms with van der Waals surface area (Å²) in [7, 11) is 0. The monoisotopic (exact) mass is 285 g/mol. The lowest BCUT2D eigenvalue weighted by atomic mass is 9.97. The maximum atomic E-state index is 12.4. The van der Waals surface area contributed by atoms with Gasteiger partial charge in [0.25, 0.3) is 0 Å². The molecule has 2 amide bonds. The molecule has 0 unspecified atom stereocenters. The normalized spacial score (nSPS) is 18.9. The number of primary amides is 1. The van der Waals surface area contributed by atoms with Crippen molar-refractivity contribution in [2.45, 2.75) is 19.4 Å². The third-order valence-corrected chi connectivity index (χ3v) is 4.16. The molecule has 1 aromatic heterocycles. The van der Waals surface area contributed by atoms with Crippen molar-refractivity contribution in [1.82, 2.24) is 9.47 Å². The summed E-state index contributed by atoms with van der Waals surface area (Å²) < 4.78 is 1.95. The Morgan fingerprint density at radius 3 is 2.86 bits per heavy atom. The number of carbonyl (C=O) groups is 2. The Bertz CT molecular complexity index is 677. The molecule has 5 nitrogen and oxygen atoms in total. The molecule has 0 saturated carbocycles. The smallest absolute Gasteiger partial charge is 0.242 e. The average molecular weight is 285 g/mol. The molecule has 0 aliphatic carbocycles. The van der Waals surface area contributed by atoms with E-state index in [0.29, 0.717) is 19.6 Å². The highest BCUT2D eigenvalue weighted by molar-refractivity contribution is 5.84. The Morgan fingerprint density at radius 2 is 2.05 bits per heavy atom. The molecule has 3 rings (SSSR count). The topological polar surface area (TPSA) is 68.3 Å². The van der Waals surface area contributed by atoms with E-state index in [1.807, 2.05) is 41.1 Å². The van der Waals surface area contributed by atoms with E-state index >= 15 is 0 Å². The van der Waals surface area contributed by atoms with Crippen LogP contribution in [-0.4, -0.2) is 34.4 Å². The van der Waals surface area contributed by atoms with Gasteiger partial charge in [0.05, 0.1) is 5.92 Å². The van der Waals surface area contributed by atoms with E-state index in [9.17, 15) is 9.59 Å². The van der Waals surface area contributed by atoms with Gasteiger partial charge in [-0.25, -0.2) is 0 Å². The van der Waals surface area contributed by atoms with Crippen LogP contribution >= 0.6 is 0 Å². The maximum Gasteiger partial charge on any atom is 0.242 e. The standard InChI is InChI=1S/C16H19N3O2/c17-16(21)13-5-3-8-19(10-13)15(20)11-18-9-7-12-4-1-2-6-14(12)18/h1-2,4,6-7,9,13H,3,5,8,10-11H2,(H2,17,21)/t13-/m1/s1. The van der Waals surface area contributed by atoms with E-state index in [0.717, 1.165) is 23.7 Å². The Hall–Kier alpha value is -2.30. The molecule has 110 valence electrons. The van der Waals surface area contributed by atoms with Gasteiger partial charge in [-0.2, -0.15) is 0 Å². The molecule has 2 heterocycles. The van der Waals surface area contributed by atoms with Gasteiger partial charge in [-0.3, -0.25) is 9.59 Å². The summed E-state index contributed by atoms with van der Waals surface area (Å²) in [6, 6.07) is 9.99. The Morgan fingerprint density at radius 1 is 1.24 bits per heavy atom. The quantitative estimate of drug-likeness (QED) is 0.925. The number of nitrogens with two attached hydrogens (primary N) is 1. The van der Waals surface area contributed by atoms with Crippen molar-refractivity contribution >= 4 is 22.7 Å². The van der Waals surface area contributed by atoms with Gasteiger partial charge in [-0.15, -0.1) is 0 Å². The Labute approximate surface area is 123 Å². The summed E-state index contributed by atoms with van der Waals surface area (Å²) in [5.41, 5.74) is 6.41. The number of aromatic nitrogens is 1. The minimum absolute atomic E-state index is 0.0438. The third kappa shape index (κ3) is 2.77. The number of piperidine rings is 1. The number of nitrogens with zero attached hydrogens (tertiary/aromatic N) is 2. The molecule has 1 aromatic carbocycles. The van der Waals surface area contributed by atoms with Crippen LogP contribution in [0.25, 0.3) is 10.9 Å². The van der Waals surface area contributed by atoms with Crippen molar-refractivity contribution in [1.29, 1.82) is 0 Å². The van der Waals surface area contributed by atoms with Crippen LogP contribution in [0.15, 0.2) is 36.5 Å². The molecule has 1 fully saturated rings. The SMILES string of the molecule is NC(=O)[C@@H]1CCCN(C(=O)Cn2ccc3ccccc32)C1. The highest BCUT2D eigenvalue weighted by Gasteiger charge is 2.26. The highest BCUT2D eigenvalue weighted by Crippen LogP contribution is 2.18. The lowest BCUT2D eigenvalue weighted by molar-refractivity contribution is -0.135. The zero-order valence-electron chi connectivity index (χ0n) is 11.9. The van der Waals surface area contributed by atoms with E-state index in [-0.39, 0.29) is 17.7 Å². The van der Waals surface area contributed by atoms with Gasteiger partial charge in [0, 0.05) is 24.8 Å². The zero-order chi connectivity index (χ0) is 14.8. The van der Waals surface area contributed by atoms with E-state index in [2.05, 4.69) is 0 Å². The second-order valence-corrected chi connectivity index (χ2v) is 5.58. The number of hydrogen-bond acceptors (Lipinski definition) is 2. The number of likely N-dealkylation sites (tertiary alicyclic amines) is 1. The van der Waals surface area contributed by atoms with Crippen molar-refractivity contribution in [2.24, 2.45) is 11.7 Å². The Kier molecular flexibility index (Phi) is 3.64. The highest BCUT2D eigenvalue weighted by atomic mass is 16.2. The molecule has 1 aliphatic heterocycles. The van der Waals surface area contributed by atoms with Crippen LogP contribution in [-0.2, 0) is 16.1 Å². The molecule has 1 aliphatic rings. The van der Waals surface area contributed by atoms with Crippen molar-refractivity contribution < 1.29 is 9.59 Å². The second kappa shape index (κ2) is 5.60. The number of rotatable bonds is 3. The summed E-state index contributed by atoms with van der Waals surface area (Å²) >= 11 is 0. The largest absolute Gasteiger partial charge is 0.369 e. The molecule has 0 bridgehead atoms. The van der Waals surface area contributed by atoms with Crippen molar-refractivity contribution in [3.05, 3.63) is 36.5 Å². The van der Waals surface area contributed by atoms with Crippen LogP contribution in [0.3, 0.4) is 0 Å². The minimum atomic E-state index is -0.307. The number of amides is 2. The van der Waals surface area contributed by atoms with Gasteiger partial charge < -0.3 is 15.2 Å². The molecular formula is C16H19N3O2. The minimum Gasteiger partial charge on any atom is -0.369 e. The molecule has 0 radical (unpaired) electrons. The molecular weight excluding hydrogens is 266 g/mol. The maximum absolute atomic E-state index is 12.4. The molecule has 0 spiro atoms. The lowest BCUT2D eigenvalue weighted by Crippen LogP contribution is -2.45. The fourth-order valence-electron chi connectivity index (χ4n) is 2.96. The Balaban J connectivity index is 1.72. The van der Waals surface area contributed by atoms with Crippen LogP contribution < -0.4 is 5.73 Å². The lowest BCUT2D eigenvalue weighted by Gasteiger charge is -2.31. The third-order valence-electron chi connectivity index (χ3n) is 4.16. The first-order valence-corrected chi connectivity index (χ1v) is 7.26. The zero-order valence-corrected chi connectivity index (χ0v) is 11.9. The van der Waals surface area contributed by atoms with Gasteiger partial charge in [0.15, 0.2) is 0 Å². The average Bonchev–Trinajstić information content (AvgIpc) is 2.91. The van der Waals surface area contributed by atoms with Gasteiger partial charge in [-0.05, 0) is 30.4 Å². The fraction of sp³-hybridized carbons (Fsp3) is 0.375. The van der Waals surface area contributed by atoms with Crippen molar-refractivity contribution in [3.63, 3.8) is 0 Å². The number of carbonyl (C=O) groups excluding carboxylic acids is 2. The van der Waals surface area contributed by atoms with Crippen LogP contribution in [0.4, 0.5) is 0 Å². The van der Waals surface area contributed by atoms with Crippen molar-refractivity contribution in [3.8, 4) is 0 Å². The number of hydrogen-bond donors (Lipinski definition) is 1. The summed E-state index contributed by atoms with van der Waals surface area (Å²) in [6.45, 7) is 1.47. The van der Waals surface area contributed by atoms with Gasteiger partial charge in [-0.1, -0.05) is 18.2 Å². The molecule has 1 saturated heterocycles. The van der Waals surface area contributed by atoms with Crippen molar-refractivity contribution in [2.75, 3.05) is 13.1 Å². The van der Waals surface area contributed by atoms with Gasteiger partial charge in [0.1, 0.15) is 6.54 Å². The first kappa shape index (κ1) is 13.7. The van der Waals surface area contributed by atoms with Gasteiger partial charge in [0.2, 0.25) is 11.8 Å². The number of benzene rings is 1. The van der Waals surface area contributed by atoms with E-state index < -0.39 is 0 Å². The first-order valence-electron chi connectivity index (χ1n) is 7.26. The second-order valence-electron chi connectivity index (χ2n) is 5.58. The van der Waals surface area contributed by atoms with Crippen LogP contribution in [0.5, 0.6) is 0 Å². The van der Waals surface area contributed by atoms with E-state index in [1.54, 1.807) is 4.90 Å². The number of para-hydroxylation sites is 1. The molecule has 5 heteroatoms. The van der Waals surface area contributed by atoms with Gasteiger partial charge >= 0.3 is 0 Å². The van der Waals surface area contributed by atoms with Crippen LogP contribution in [0.1, 0.15) is 12.8 Å². The summed E-state index contributed by atoms with van der Waals surface area (Å²) in [4.78, 5) is 25.5. The predicted octanol–water partition coefficient (Wildman–Crippen LogP) is 1.37. The number of fused-ring (bicyclic) bond motifs is 1. The molecule has 1 atom stereocenters. The molecule has 2 N–H and O–H groups in total. The van der Waals surface area contributed by atoms with Crippen LogP contribution in [0, 0.1) is 5.92 Å². The molecule has 2 aromatic rings.